The number of carboxylic acids is 1. The number of nitrogens with zero attached hydrogens (tertiary/aromatic N) is 2. The zero-order valence-electron chi connectivity index (χ0n) is 10.6. The Bertz CT molecular complexity index is 586. The standard InChI is InChI=1S/C12H15N3O3S/c1-14-3-2-7-8(4-14)19-11-10(7)12(18)15(6-13-11)5-9(16)17/h6-8H,2-5H2,1H3,(H,16,17)/t7-,8+/m0/s1. The van der Waals surface area contributed by atoms with Gasteiger partial charge in [-0.25, -0.2) is 4.98 Å². The van der Waals surface area contributed by atoms with Gasteiger partial charge in [0.2, 0.25) is 0 Å². The normalized spacial score (nSPS) is 28.8. The maximum absolute atomic E-state index is 12.3. The zero-order valence-corrected chi connectivity index (χ0v) is 11.4. The number of carbonyl (C=O) groups is 1. The van der Waals surface area contributed by atoms with Gasteiger partial charge in [-0.3, -0.25) is 9.36 Å². The molecule has 0 aromatic carbocycles. The highest BCUT2D eigenvalue weighted by Gasteiger charge is 2.41. The number of hydrogen-bond acceptors (Lipinski definition) is 5. The van der Waals surface area contributed by atoms with E-state index in [0.717, 1.165) is 29.1 Å². The van der Waals surface area contributed by atoms with Crippen LogP contribution in [0.4, 0.5) is 0 Å². The van der Waals surface area contributed by atoms with Gasteiger partial charge in [-0.1, -0.05) is 11.8 Å². The van der Waals surface area contributed by atoms with Gasteiger partial charge in [0.05, 0.1) is 49.8 Å². The van der Waals surface area contributed by atoms with E-state index in [1.807, 2.05) is 0 Å². The molecule has 1 fully saturated rings. The third-order valence-corrected chi connectivity index (χ3v) is 5.20. The number of likely N-dealkylation sites (tertiary alicyclic amines) is 1. The maximum atomic E-state index is 12.3. The molecule has 102 valence electrons. The summed E-state index contributed by atoms with van der Waals surface area (Å²) in [5, 5.41) is 11.8. The molecular weight excluding hydrogens is 266 g/mol. The average Bonchev–Trinajstić information content (AvgIpc) is 2.70. The number of hydrogen-bond donors (Lipinski definition) is 1. The molecule has 0 amide bonds. The summed E-state index contributed by atoms with van der Waals surface area (Å²) in [6.45, 7) is 1.63. The number of carbonyl (C=O) groups excluding carboxylic acids is 1. The topological polar surface area (TPSA) is 79.5 Å². The quantitative estimate of drug-likeness (QED) is 0.605. The summed E-state index contributed by atoms with van der Waals surface area (Å²) >= 11 is 1.66. The van der Waals surface area contributed by atoms with Crippen molar-refractivity contribution >= 4 is 17.7 Å². The van der Waals surface area contributed by atoms with E-state index in [1.54, 1.807) is 11.8 Å². The first-order valence-electron chi connectivity index (χ1n) is 6.33. The van der Waals surface area contributed by atoms with Crippen LogP contribution in [0.15, 0.2) is 16.1 Å². The molecule has 19 heavy (non-hydrogen) atoms. The number of rotatable bonds is 2. The smallest absolute Gasteiger partial charge is 0.258 e. The Morgan fingerprint density at radius 3 is 3.21 bits per heavy atom. The Morgan fingerprint density at radius 1 is 1.68 bits per heavy atom. The molecule has 0 saturated carbocycles. The lowest BCUT2D eigenvalue weighted by Gasteiger charge is -2.28. The molecule has 0 bridgehead atoms. The van der Waals surface area contributed by atoms with Crippen molar-refractivity contribution in [1.29, 1.82) is 0 Å². The van der Waals surface area contributed by atoms with E-state index in [1.165, 1.54) is 11.2 Å². The van der Waals surface area contributed by atoms with Crippen molar-refractivity contribution in [3.05, 3.63) is 22.2 Å². The lowest BCUT2D eigenvalue weighted by atomic mass is 9.91. The van der Waals surface area contributed by atoms with E-state index in [2.05, 4.69) is 12.0 Å². The Balaban J connectivity index is 1.99. The predicted octanol–water partition coefficient (Wildman–Crippen LogP) is -2.53. The monoisotopic (exact) mass is 281 g/mol. The summed E-state index contributed by atoms with van der Waals surface area (Å²) in [5.41, 5.74) is 0.500. The van der Waals surface area contributed by atoms with Gasteiger partial charge in [0.15, 0.2) is 0 Å². The highest BCUT2D eigenvalue weighted by atomic mass is 32.2. The van der Waals surface area contributed by atoms with Crippen molar-refractivity contribution in [2.24, 2.45) is 0 Å². The highest BCUT2D eigenvalue weighted by molar-refractivity contribution is 8.00. The van der Waals surface area contributed by atoms with Gasteiger partial charge in [-0.2, -0.15) is 0 Å². The van der Waals surface area contributed by atoms with Gasteiger partial charge in [0, 0.05) is 12.3 Å². The van der Waals surface area contributed by atoms with Crippen LogP contribution < -0.4 is 15.6 Å². The van der Waals surface area contributed by atoms with Gasteiger partial charge < -0.3 is 14.8 Å². The van der Waals surface area contributed by atoms with Crippen LogP contribution in [-0.4, -0.2) is 40.9 Å². The Morgan fingerprint density at radius 2 is 2.47 bits per heavy atom. The van der Waals surface area contributed by atoms with Crippen LogP contribution in [0, 0.1) is 0 Å². The molecule has 0 aliphatic carbocycles. The van der Waals surface area contributed by atoms with Gasteiger partial charge in [-0.05, 0) is 0 Å². The summed E-state index contributed by atoms with van der Waals surface area (Å²) in [4.78, 5) is 28.7. The van der Waals surface area contributed by atoms with Crippen molar-refractivity contribution < 1.29 is 14.8 Å². The van der Waals surface area contributed by atoms with Crippen LogP contribution in [0.25, 0.3) is 0 Å². The minimum absolute atomic E-state index is 0.214. The molecule has 1 aromatic rings. The molecule has 1 aromatic heterocycles. The third kappa shape index (κ3) is 2.17. The van der Waals surface area contributed by atoms with E-state index in [-0.39, 0.29) is 11.5 Å². The molecule has 6 nitrogen and oxygen atoms in total. The molecule has 1 N–H and O–H groups in total. The average molecular weight is 281 g/mol. The molecule has 2 aliphatic rings. The van der Waals surface area contributed by atoms with Crippen LogP contribution in [-0.2, 0) is 11.3 Å². The Kier molecular flexibility index (Phi) is 3.10. The lowest BCUT2D eigenvalue weighted by molar-refractivity contribution is -0.884. The molecule has 1 saturated heterocycles. The summed E-state index contributed by atoms with van der Waals surface area (Å²) in [7, 11) is 2.15. The van der Waals surface area contributed by atoms with Crippen LogP contribution in [0.2, 0.25) is 0 Å². The molecule has 3 rings (SSSR count). The Hall–Kier alpha value is -1.34. The molecule has 2 aliphatic heterocycles. The fourth-order valence-electron chi connectivity index (χ4n) is 2.93. The van der Waals surface area contributed by atoms with Gasteiger partial charge in [-0.15, -0.1) is 0 Å². The fraction of sp³-hybridized carbons (Fsp3) is 0.583. The van der Waals surface area contributed by atoms with E-state index in [9.17, 15) is 14.7 Å². The second-order valence-corrected chi connectivity index (χ2v) is 6.46. The largest absolute Gasteiger partial charge is 0.548 e. The lowest BCUT2D eigenvalue weighted by Crippen LogP contribution is -3.11. The van der Waals surface area contributed by atoms with Crippen LogP contribution >= 0.6 is 11.8 Å². The number of carboxylic acid groups (broad SMARTS) is 1. The van der Waals surface area contributed by atoms with E-state index >= 15 is 0 Å². The molecule has 3 atom stereocenters. The number of fused-ring (bicyclic) bond motifs is 3. The van der Waals surface area contributed by atoms with E-state index in [0.29, 0.717) is 10.8 Å². The number of thioether (sulfide) groups is 1. The molecule has 0 radical (unpaired) electrons. The molecule has 7 heteroatoms. The minimum Gasteiger partial charge on any atom is -0.548 e. The predicted molar refractivity (Wildman–Crippen MR) is 67.1 cm³/mol. The summed E-state index contributed by atoms with van der Waals surface area (Å²) in [6, 6.07) is 0. The van der Waals surface area contributed by atoms with E-state index < -0.39 is 12.5 Å². The first kappa shape index (κ1) is 12.7. The van der Waals surface area contributed by atoms with Crippen molar-refractivity contribution in [3.63, 3.8) is 0 Å². The highest BCUT2D eigenvalue weighted by Crippen LogP contribution is 2.44. The number of piperidine rings is 1. The van der Waals surface area contributed by atoms with Crippen molar-refractivity contribution in [3.8, 4) is 0 Å². The van der Waals surface area contributed by atoms with Crippen molar-refractivity contribution in [2.75, 3.05) is 20.1 Å². The molecular formula is C12H15N3O3S. The number of nitrogens with one attached hydrogen (secondary N) is 1. The van der Waals surface area contributed by atoms with Crippen LogP contribution in [0.5, 0.6) is 0 Å². The zero-order chi connectivity index (χ0) is 13.6. The summed E-state index contributed by atoms with van der Waals surface area (Å²) < 4.78 is 1.14. The maximum Gasteiger partial charge on any atom is 0.258 e. The van der Waals surface area contributed by atoms with Crippen molar-refractivity contribution in [1.82, 2.24) is 9.55 Å². The summed E-state index contributed by atoms with van der Waals surface area (Å²) in [5.74, 6) is -1.04. The summed E-state index contributed by atoms with van der Waals surface area (Å²) in [6.07, 6.45) is 2.28. The van der Waals surface area contributed by atoms with Gasteiger partial charge >= 0.3 is 0 Å². The number of aromatic nitrogens is 2. The second kappa shape index (κ2) is 4.64. The number of aliphatic carboxylic acids is 1. The first-order chi connectivity index (χ1) is 9.06. The molecule has 3 heterocycles. The second-order valence-electron chi connectivity index (χ2n) is 5.23. The van der Waals surface area contributed by atoms with Crippen molar-refractivity contribution in [2.45, 2.75) is 29.2 Å². The minimum atomic E-state index is -1.26. The van der Waals surface area contributed by atoms with E-state index in [4.69, 9.17) is 0 Å². The molecule has 0 spiro atoms. The van der Waals surface area contributed by atoms with Crippen LogP contribution in [0.1, 0.15) is 17.9 Å². The van der Waals surface area contributed by atoms with Gasteiger partial charge in [0.1, 0.15) is 5.03 Å². The van der Waals surface area contributed by atoms with Crippen LogP contribution in [0.3, 0.4) is 0 Å². The van der Waals surface area contributed by atoms with Gasteiger partial charge in [0.25, 0.3) is 5.56 Å². The fourth-order valence-corrected chi connectivity index (χ4v) is 4.49. The third-order valence-electron chi connectivity index (χ3n) is 3.85. The Labute approximate surface area is 114 Å². The number of quaternary nitrogens is 1. The molecule has 1 unspecified atom stereocenters. The first-order valence-corrected chi connectivity index (χ1v) is 7.21. The SMILES string of the molecule is C[NH+]1CC[C@@H]2c3c(ncn(CC(=O)[O-])c3=O)S[C@@H]2C1.